The summed E-state index contributed by atoms with van der Waals surface area (Å²) < 4.78 is 5.47. The van der Waals surface area contributed by atoms with Crippen molar-refractivity contribution in [2.45, 2.75) is 13.8 Å². The van der Waals surface area contributed by atoms with E-state index in [4.69, 9.17) is 4.74 Å². The van der Waals surface area contributed by atoms with Gasteiger partial charge in [-0.25, -0.2) is 9.69 Å². The highest BCUT2D eigenvalue weighted by molar-refractivity contribution is 6.34. The van der Waals surface area contributed by atoms with Gasteiger partial charge in [-0.15, -0.1) is 0 Å². The van der Waals surface area contributed by atoms with Gasteiger partial charge in [0.05, 0.1) is 22.4 Å². The molecule has 0 spiro atoms. The van der Waals surface area contributed by atoms with Crippen molar-refractivity contribution in [3.63, 3.8) is 0 Å². The second kappa shape index (κ2) is 6.78. The summed E-state index contributed by atoms with van der Waals surface area (Å²) in [6.07, 6.45) is 0. The molecule has 3 aromatic rings. The molecule has 28 heavy (non-hydrogen) atoms. The van der Waals surface area contributed by atoms with Gasteiger partial charge in [0, 0.05) is 0 Å². The zero-order chi connectivity index (χ0) is 19.8. The fourth-order valence-electron chi connectivity index (χ4n) is 3.35. The lowest BCUT2D eigenvalue weighted by Gasteiger charge is -2.15. The average Bonchev–Trinajstić information content (AvgIpc) is 2.92. The minimum Gasteiger partial charge on any atom is -0.423 e. The summed E-state index contributed by atoms with van der Waals surface area (Å²) in [4.78, 5) is 38.9. The number of carbonyl (C=O) groups is 3. The van der Waals surface area contributed by atoms with Crippen molar-refractivity contribution in [2.24, 2.45) is 0 Å². The van der Waals surface area contributed by atoms with Gasteiger partial charge in [-0.05, 0) is 67.4 Å². The Labute approximate surface area is 162 Å². The van der Waals surface area contributed by atoms with Crippen LogP contribution in [0.3, 0.4) is 0 Å². The second-order valence-electron chi connectivity index (χ2n) is 6.75. The van der Waals surface area contributed by atoms with Crippen molar-refractivity contribution < 1.29 is 19.1 Å². The van der Waals surface area contributed by atoms with Crippen molar-refractivity contribution in [2.75, 3.05) is 4.90 Å². The minimum atomic E-state index is -0.552. The summed E-state index contributed by atoms with van der Waals surface area (Å²) in [6.45, 7) is 3.85. The maximum atomic E-state index is 12.6. The molecule has 0 unspecified atom stereocenters. The Kier molecular flexibility index (Phi) is 4.28. The summed E-state index contributed by atoms with van der Waals surface area (Å²) in [5.41, 5.74) is 3.28. The number of esters is 1. The number of hydrogen-bond donors (Lipinski definition) is 0. The number of aryl methyl sites for hydroxylation is 2. The molecule has 0 saturated carbocycles. The number of benzene rings is 3. The molecule has 5 heteroatoms. The van der Waals surface area contributed by atoms with Gasteiger partial charge in [0.25, 0.3) is 11.8 Å². The fourth-order valence-corrected chi connectivity index (χ4v) is 3.35. The number of hydrogen-bond acceptors (Lipinski definition) is 4. The number of ether oxygens (including phenoxy) is 1. The van der Waals surface area contributed by atoms with Crippen LogP contribution < -0.4 is 9.64 Å². The maximum absolute atomic E-state index is 12.6. The Balaban J connectivity index is 1.63. The molecule has 2 amide bonds. The second-order valence-corrected chi connectivity index (χ2v) is 6.75. The number of imide groups is 1. The topological polar surface area (TPSA) is 63.7 Å². The van der Waals surface area contributed by atoms with E-state index >= 15 is 0 Å². The molecule has 138 valence electrons. The van der Waals surface area contributed by atoms with E-state index in [2.05, 4.69) is 0 Å². The average molecular weight is 371 g/mol. The Hall–Kier alpha value is -3.73. The van der Waals surface area contributed by atoms with E-state index in [9.17, 15) is 14.4 Å². The molecule has 4 rings (SSSR count). The first-order valence-corrected chi connectivity index (χ1v) is 8.82. The van der Waals surface area contributed by atoms with Crippen LogP contribution in [0.2, 0.25) is 0 Å². The first kappa shape index (κ1) is 17.7. The van der Waals surface area contributed by atoms with Gasteiger partial charge in [0.15, 0.2) is 0 Å². The molecule has 1 aliphatic heterocycles. The molecule has 1 aliphatic rings. The molecule has 1 heterocycles. The smallest absolute Gasteiger partial charge is 0.343 e. The first-order valence-electron chi connectivity index (χ1n) is 8.82. The van der Waals surface area contributed by atoms with E-state index in [0.29, 0.717) is 22.6 Å². The summed E-state index contributed by atoms with van der Waals surface area (Å²) in [5, 5.41) is 0. The van der Waals surface area contributed by atoms with Crippen LogP contribution in [0, 0.1) is 13.8 Å². The van der Waals surface area contributed by atoms with E-state index < -0.39 is 17.8 Å². The van der Waals surface area contributed by atoms with E-state index in [1.54, 1.807) is 54.6 Å². The van der Waals surface area contributed by atoms with Crippen LogP contribution in [0.1, 0.15) is 42.2 Å². The monoisotopic (exact) mass is 371 g/mol. The van der Waals surface area contributed by atoms with Gasteiger partial charge in [0.2, 0.25) is 0 Å². The third kappa shape index (κ3) is 3.07. The van der Waals surface area contributed by atoms with Gasteiger partial charge >= 0.3 is 5.97 Å². The third-order valence-electron chi connectivity index (χ3n) is 4.54. The molecule has 0 atom stereocenters. The molecule has 0 radical (unpaired) electrons. The fraction of sp³-hybridized carbons (Fsp3) is 0.0870. The maximum Gasteiger partial charge on any atom is 0.343 e. The molecule has 0 N–H and O–H groups in total. The van der Waals surface area contributed by atoms with Crippen molar-refractivity contribution in [1.29, 1.82) is 0 Å². The predicted molar refractivity (Wildman–Crippen MR) is 105 cm³/mol. The Morgan fingerprint density at radius 3 is 2.00 bits per heavy atom. The van der Waals surface area contributed by atoms with Crippen molar-refractivity contribution >= 4 is 23.5 Å². The number of fused-ring (bicyclic) bond motifs is 1. The van der Waals surface area contributed by atoms with Gasteiger partial charge in [-0.1, -0.05) is 24.3 Å². The van der Waals surface area contributed by atoms with Gasteiger partial charge in [0.1, 0.15) is 5.75 Å². The number of carbonyl (C=O) groups excluding carboxylic acids is 3. The van der Waals surface area contributed by atoms with E-state index in [0.717, 1.165) is 16.0 Å². The Morgan fingerprint density at radius 2 is 1.39 bits per heavy atom. The van der Waals surface area contributed by atoms with Crippen molar-refractivity contribution in [1.82, 2.24) is 0 Å². The highest BCUT2D eigenvalue weighted by Gasteiger charge is 2.36. The number of nitrogens with zero attached hydrogens (tertiary/aromatic N) is 1. The molecule has 0 bridgehead atoms. The molecule has 0 aromatic heterocycles. The standard InChI is InChI=1S/C23H17NO4/c1-14-10-15(2)12-18(11-14)28-23(27)16-6-5-7-17(13-16)24-21(25)19-8-3-4-9-20(19)22(24)26/h3-13H,1-2H3. The summed E-state index contributed by atoms with van der Waals surface area (Å²) in [5.74, 6) is -0.905. The highest BCUT2D eigenvalue weighted by Crippen LogP contribution is 2.29. The quantitative estimate of drug-likeness (QED) is 0.391. The highest BCUT2D eigenvalue weighted by atomic mass is 16.5. The van der Waals surface area contributed by atoms with E-state index in [1.807, 2.05) is 19.9 Å². The van der Waals surface area contributed by atoms with Crippen LogP contribution in [0.5, 0.6) is 5.75 Å². The largest absolute Gasteiger partial charge is 0.423 e. The summed E-state index contributed by atoms with van der Waals surface area (Å²) >= 11 is 0. The van der Waals surface area contributed by atoms with Crippen molar-refractivity contribution in [3.05, 3.63) is 94.5 Å². The van der Waals surface area contributed by atoms with Gasteiger partial charge < -0.3 is 4.74 Å². The minimum absolute atomic E-state index is 0.258. The Morgan fingerprint density at radius 1 is 0.786 bits per heavy atom. The SMILES string of the molecule is Cc1cc(C)cc(OC(=O)c2cccc(N3C(=O)c4ccccc4C3=O)c2)c1. The van der Waals surface area contributed by atoms with Crippen LogP contribution in [-0.4, -0.2) is 17.8 Å². The molecular formula is C23H17NO4. The van der Waals surface area contributed by atoms with Gasteiger partial charge in [-0.3, -0.25) is 9.59 Å². The summed E-state index contributed by atoms with van der Waals surface area (Å²) in [6, 6.07) is 18.5. The zero-order valence-corrected chi connectivity index (χ0v) is 15.4. The van der Waals surface area contributed by atoms with Crippen LogP contribution in [0.4, 0.5) is 5.69 Å². The summed E-state index contributed by atoms with van der Waals surface area (Å²) in [7, 11) is 0. The number of rotatable bonds is 3. The molecule has 0 saturated heterocycles. The normalized spacial score (nSPS) is 12.9. The third-order valence-corrected chi connectivity index (χ3v) is 4.54. The number of amides is 2. The lowest BCUT2D eigenvalue weighted by Crippen LogP contribution is -2.29. The molecule has 0 aliphatic carbocycles. The van der Waals surface area contributed by atoms with Crippen molar-refractivity contribution in [3.8, 4) is 5.75 Å². The Bertz CT molecular complexity index is 1080. The number of anilines is 1. The van der Waals surface area contributed by atoms with Crippen LogP contribution >= 0.6 is 0 Å². The lowest BCUT2D eigenvalue weighted by molar-refractivity contribution is 0.0733. The van der Waals surface area contributed by atoms with Crippen LogP contribution in [0.25, 0.3) is 0 Å². The first-order chi connectivity index (χ1) is 13.4. The molecular weight excluding hydrogens is 354 g/mol. The lowest BCUT2D eigenvalue weighted by atomic mass is 10.1. The molecule has 3 aromatic carbocycles. The van der Waals surface area contributed by atoms with E-state index in [-0.39, 0.29) is 5.56 Å². The van der Waals surface area contributed by atoms with Gasteiger partial charge in [-0.2, -0.15) is 0 Å². The van der Waals surface area contributed by atoms with Crippen LogP contribution in [-0.2, 0) is 0 Å². The molecule has 0 fully saturated rings. The molecule has 5 nitrogen and oxygen atoms in total. The zero-order valence-electron chi connectivity index (χ0n) is 15.4. The van der Waals surface area contributed by atoms with E-state index in [1.165, 1.54) is 6.07 Å². The van der Waals surface area contributed by atoms with Crippen LogP contribution in [0.15, 0.2) is 66.7 Å². The predicted octanol–water partition coefficient (Wildman–Crippen LogP) is 4.32.